The highest BCUT2D eigenvalue weighted by Gasteiger charge is 2.44. The van der Waals surface area contributed by atoms with Crippen LogP contribution in [0.25, 0.3) is 0 Å². The molecule has 1 atom stereocenters. The van der Waals surface area contributed by atoms with Crippen LogP contribution >= 0.6 is 34.8 Å². The van der Waals surface area contributed by atoms with E-state index in [9.17, 15) is 9.59 Å². The zero-order valence-electron chi connectivity index (χ0n) is 18.8. The Morgan fingerprint density at radius 3 is 2.41 bits per heavy atom. The Labute approximate surface area is 217 Å². The van der Waals surface area contributed by atoms with Crippen molar-refractivity contribution in [1.29, 1.82) is 0 Å². The summed E-state index contributed by atoms with van der Waals surface area (Å²) in [7, 11) is 3.92. The van der Waals surface area contributed by atoms with E-state index in [1.54, 1.807) is 12.4 Å². The fraction of sp³-hybridized carbons (Fsp3) is 0.200. The fourth-order valence-corrected chi connectivity index (χ4v) is 4.68. The Hall–Kier alpha value is -3.05. The van der Waals surface area contributed by atoms with Gasteiger partial charge >= 0.3 is 0 Å². The number of amides is 2. The van der Waals surface area contributed by atoms with Crippen LogP contribution in [-0.2, 0) is 16.1 Å². The van der Waals surface area contributed by atoms with Crippen LogP contribution in [-0.4, -0.2) is 46.9 Å². The summed E-state index contributed by atoms with van der Waals surface area (Å²) < 4.78 is 0.929. The second-order valence-corrected chi connectivity index (χ2v) is 9.63. The van der Waals surface area contributed by atoms with Gasteiger partial charge in [-0.2, -0.15) is 0 Å². The highest BCUT2D eigenvalue weighted by atomic mass is 127. The van der Waals surface area contributed by atoms with E-state index in [2.05, 4.69) is 32.9 Å². The third kappa shape index (κ3) is 5.20. The van der Waals surface area contributed by atoms with E-state index in [0.717, 1.165) is 20.5 Å². The number of para-hydroxylation sites is 1. The molecule has 1 aliphatic rings. The first-order valence-electron chi connectivity index (χ1n) is 10.7. The highest BCUT2D eigenvalue weighted by Crippen LogP contribution is 2.30. The van der Waals surface area contributed by atoms with Gasteiger partial charge in [-0.3, -0.25) is 19.5 Å². The van der Waals surface area contributed by atoms with E-state index in [-0.39, 0.29) is 18.2 Å². The molecular formula is C25H24IN5O2S. The van der Waals surface area contributed by atoms with E-state index in [0.29, 0.717) is 17.3 Å². The number of rotatable bonds is 7. The predicted octanol–water partition coefficient (Wildman–Crippen LogP) is 4.28. The topological polar surface area (TPSA) is 68.8 Å². The largest absolute Gasteiger partial charge is 0.378 e. The fourth-order valence-electron chi connectivity index (χ4n) is 3.78. The summed E-state index contributed by atoms with van der Waals surface area (Å²) >= 11 is 7.93. The normalized spacial score (nSPS) is 15.6. The maximum Gasteiger partial charge on any atom is 0.256 e. The molecule has 0 saturated carbocycles. The van der Waals surface area contributed by atoms with Crippen molar-refractivity contribution >= 4 is 68.8 Å². The molecular weight excluding hydrogens is 561 g/mol. The van der Waals surface area contributed by atoms with Crippen LogP contribution in [0.4, 0.5) is 17.1 Å². The first kappa shape index (κ1) is 24.1. The number of pyridine rings is 1. The number of aromatic nitrogens is 1. The summed E-state index contributed by atoms with van der Waals surface area (Å²) in [6, 6.07) is 18.2. The SMILES string of the molecule is CN(C)c1ccc(N2C(=O)[C@@H](CC(=O)Nc3ccccc3I)N(Cc3ccncc3)C2=S)cc1. The van der Waals surface area contributed by atoms with E-state index in [1.165, 1.54) is 4.90 Å². The molecule has 1 fully saturated rings. The molecule has 34 heavy (non-hydrogen) atoms. The molecule has 2 amide bonds. The minimum atomic E-state index is -0.712. The summed E-state index contributed by atoms with van der Waals surface area (Å²) in [6.45, 7) is 0.403. The zero-order valence-corrected chi connectivity index (χ0v) is 21.8. The third-order valence-corrected chi connectivity index (χ3v) is 6.93. The van der Waals surface area contributed by atoms with Gasteiger partial charge in [0.1, 0.15) is 6.04 Å². The number of hydrogen-bond donors (Lipinski definition) is 1. The van der Waals surface area contributed by atoms with Gasteiger partial charge in [0.15, 0.2) is 5.11 Å². The Bertz CT molecular complexity index is 1200. The van der Waals surface area contributed by atoms with Crippen LogP contribution < -0.4 is 15.1 Å². The van der Waals surface area contributed by atoms with Crippen LogP contribution in [0.1, 0.15) is 12.0 Å². The van der Waals surface area contributed by atoms with Crippen LogP contribution in [0.15, 0.2) is 73.1 Å². The number of thiocarbonyl (C=S) groups is 1. The smallest absolute Gasteiger partial charge is 0.256 e. The number of benzene rings is 2. The van der Waals surface area contributed by atoms with E-state index < -0.39 is 6.04 Å². The van der Waals surface area contributed by atoms with Gasteiger partial charge in [0.25, 0.3) is 5.91 Å². The number of nitrogens with zero attached hydrogens (tertiary/aromatic N) is 4. The van der Waals surface area contributed by atoms with Gasteiger partial charge in [0, 0.05) is 42.3 Å². The summed E-state index contributed by atoms with van der Waals surface area (Å²) in [5.74, 6) is -0.454. The first-order chi connectivity index (χ1) is 16.3. The number of hydrogen-bond acceptors (Lipinski definition) is 5. The van der Waals surface area contributed by atoms with Gasteiger partial charge in [-0.15, -0.1) is 0 Å². The minimum Gasteiger partial charge on any atom is -0.378 e. The molecule has 1 N–H and O–H groups in total. The number of carbonyl (C=O) groups is 2. The van der Waals surface area contributed by atoms with Crippen LogP contribution in [0.2, 0.25) is 0 Å². The molecule has 0 bridgehead atoms. The lowest BCUT2D eigenvalue weighted by Crippen LogP contribution is -2.37. The van der Waals surface area contributed by atoms with E-state index in [4.69, 9.17) is 12.2 Å². The molecule has 0 spiro atoms. The van der Waals surface area contributed by atoms with E-state index in [1.807, 2.05) is 84.6 Å². The molecule has 7 nitrogen and oxygen atoms in total. The predicted molar refractivity (Wildman–Crippen MR) is 147 cm³/mol. The van der Waals surface area contributed by atoms with Crippen molar-refractivity contribution < 1.29 is 9.59 Å². The van der Waals surface area contributed by atoms with Crippen LogP contribution in [0.3, 0.4) is 0 Å². The molecule has 1 aromatic heterocycles. The zero-order chi connectivity index (χ0) is 24.2. The van der Waals surface area contributed by atoms with Crippen molar-refractivity contribution in [2.24, 2.45) is 0 Å². The van der Waals surface area contributed by atoms with Gasteiger partial charge in [-0.25, -0.2) is 0 Å². The average molecular weight is 585 g/mol. The summed E-state index contributed by atoms with van der Waals surface area (Å²) in [5, 5.41) is 3.31. The van der Waals surface area contributed by atoms with Gasteiger partial charge in [0.05, 0.1) is 17.8 Å². The Morgan fingerprint density at radius 1 is 1.09 bits per heavy atom. The molecule has 174 valence electrons. The standard InChI is InChI=1S/C25H24IN5O2S/c1-29(2)18-7-9-19(10-8-18)31-24(33)22(15-23(32)28-21-6-4-3-5-20(21)26)30(25(31)34)16-17-11-13-27-14-12-17/h3-14,22H,15-16H2,1-2H3,(H,28,32)/t22-/m1/s1. The summed E-state index contributed by atoms with van der Waals surface area (Å²) in [4.78, 5) is 35.9. The number of halogens is 1. The average Bonchev–Trinajstić information content (AvgIpc) is 3.05. The lowest BCUT2D eigenvalue weighted by atomic mass is 10.1. The molecule has 9 heteroatoms. The Balaban J connectivity index is 1.61. The molecule has 3 aromatic rings. The monoisotopic (exact) mass is 585 g/mol. The quantitative estimate of drug-likeness (QED) is 0.330. The van der Waals surface area contributed by atoms with Crippen molar-refractivity contribution in [3.63, 3.8) is 0 Å². The molecule has 2 aromatic carbocycles. The minimum absolute atomic E-state index is 0.0126. The highest BCUT2D eigenvalue weighted by molar-refractivity contribution is 14.1. The van der Waals surface area contributed by atoms with Crippen molar-refractivity contribution in [3.8, 4) is 0 Å². The van der Waals surface area contributed by atoms with Crippen molar-refractivity contribution in [2.45, 2.75) is 19.0 Å². The summed E-state index contributed by atoms with van der Waals surface area (Å²) in [5.41, 5.74) is 3.38. The molecule has 1 aliphatic heterocycles. The molecule has 0 radical (unpaired) electrons. The first-order valence-corrected chi connectivity index (χ1v) is 12.2. The molecule has 1 saturated heterocycles. The molecule has 0 unspecified atom stereocenters. The molecule has 4 rings (SSSR count). The summed E-state index contributed by atoms with van der Waals surface area (Å²) in [6.07, 6.45) is 3.39. The second-order valence-electron chi connectivity index (χ2n) is 8.10. The lowest BCUT2D eigenvalue weighted by Gasteiger charge is -2.24. The van der Waals surface area contributed by atoms with Crippen LogP contribution in [0.5, 0.6) is 0 Å². The molecule has 0 aliphatic carbocycles. The Kier molecular flexibility index (Phi) is 7.42. The second kappa shape index (κ2) is 10.5. The van der Waals surface area contributed by atoms with Gasteiger partial charge in [-0.05, 0) is 88.9 Å². The number of nitrogens with one attached hydrogen (secondary N) is 1. The maximum absolute atomic E-state index is 13.6. The van der Waals surface area contributed by atoms with Crippen molar-refractivity contribution in [3.05, 3.63) is 82.2 Å². The Morgan fingerprint density at radius 2 is 1.76 bits per heavy atom. The number of carbonyl (C=O) groups excluding carboxylic acids is 2. The van der Waals surface area contributed by atoms with Gasteiger partial charge in [0.2, 0.25) is 5.91 Å². The van der Waals surface area contributed by atoms with Crippen molar-refractivity contribution in [1.82, 2.24) is 9.88 Å². The van der Waals surface area contributed by atoms with Crippen molar-refractivity contribution in [2.75, 3.05) is 29.2 Å². The van der Waals surface area contributed by atoms with E-state index >= 15 is 0 Å². The lowest BCUT2D eigenvalue weighted by molar-refractivity contribution is -0.124. The third-order valence-electron chi connectivity index (χ3n) is 5.57. The van der Waals surface area contributed by atoms with Gasteiger partial charge in [-0.1, -0.05) is 12.1 Å². The van der Waals surface area contributed by atoms with Gasteiger partial charge < -0.3 is 15.1 Å². The van der Waals surface area contributed by atoms with Crippen LogP contribution in [0, 0.1) is 3.57 Å². The molecule has 2 heterocycles. The maximum atomic E-state index is 13.6. The number of anilines is 3.